The minimum Gasteiger partial charge on any atom is -0.468 e. The lowest BCUT2D eigenvalue weighted by Crippen LogP contribution is -2.36. The summed E-state index contributed by atoms with van der Waals surface area (Å²) in [4.78, 5) is 29.3. The number of hydrogen-bond acceptors (Lipinski definition) is 6. The van der Waals surface area contributed by atoms with E-state index >= 15 is 0 Å². The van der Waals surface area contributed by atoms with Gasteiger partial charge in [0.15, 0.2) is 5.13 Å². The fraction of sp³-hybridized carbons (Fsp3) is 0.214. The summed E-state index contributed by atoms with van der Waals surface area (Å²) in [5.74, 6) is -0.834. The van der Waals surface area contributed by atoms with Crippen LogP contribution in [0.1, 0.15) is 16.1 Å². The molecule has 0 radical (unpaired) electrons. The van der Waals surface area contributed by atoms with Gasteiger partial charge < -0.3 is 15.4 Å². The number of nitrogens with zero attached hydrogens (tertiary/aromatic N) is 2. The number of carbonyl (C=O) groups is 2. The van der Waals surface area contributed by atoms with Gasteiger partial charge in [0.05, 0.1) is 7.11 Å². The van der Waals surface area contributed by atoms with E-state index in [2.05, 4.69) is 9.72 Å². The molecule has 2 N–H and O–H groups in total. The van der Waals surface area contributed by atoms with Crippen molar-refractivity contribution >= 4 is 28.3 Å². The second-order valence-electron chi connectivity index (χ2n) is 4.29. The molecule has 0 atom stereocenters. The van der Waals surface area contributed by atoms with Crippen LogP contribution in [-0.2, 0) is 16.1 Å². The van der Waals surface area contributed by atoms with Gasteiger partial charge in [-0.1, -0.05) is 30.3 Å². The SMILES string of the molecule is COC(=O)CN(Cc1ccccc1)C(=O)c1csc(N)n1. The summed E-state index contributed by atoms with van der Waals surface area (Å²) in [6.45, 7) is 0.161. The van der Waals surface area contributed by atoms with E-state index in [1.165, 1.54) is 23.3 Å². The van der Waals surface area contributed by atoms with Crippen molar-refractivity contribution in [3.63, 3.8) is 0 Å². The van der Waals surface area contributed by atoms with E-state index in [0.717, 1.165) is 5.56 Å². The number of hydrogen-bond donors (Lipinski definition) is 1. The van der Waals surface area contributed by atoms with Crippen molar-refractivity contribution in [2.75, 3.05) is 19.4 Å². The lowest BCUT2D eigenvalue weighted by molar-refractivity contribution is -0.141. The summed E-state index contributed by atoms with van der Waals surface area (Å²) >= 11 is 1.18. The van der Waals surface area contributed by atoms with Crippen LogP contribution in [0, 0.1) is 0 Å². The summed E-state index contributed by atoms with van der Waals surface area (Å²) in [6.07, 6.45) is 0. The van der Waals surface area contributed by atoms with Gasteiger partial charge >= 0.3 is 5.97 Å². The number of esters is 1. The van der Waals surface area contributed by atoms with Crippen LogP contribution in [0.3, 0.4) is 0 Å². The highest BCUT2D eigenvalue weighted by molar-refractivity contribution is 7.13. The van der Waals surface area contributed by atoms with Crippen LogP contribution >= 0.6 is 11.3 Å². The number of benzene rings is 1. The predicted octanol–water partition coefficient (Wildman–Crippen LogP) is 1.54. The molecule has 0 unspecified atom stereocenters. The van der Waals surface area contributed by atoms with E-state index in [1.807, 2.05) is 30.3 Å². The second-order valence-corrected chi connectivity index (χ2v) is 5.18. The first-order valence-corrected chi connectivity index (χ1v) is 7.09. The Morgan fingerprint density at radius 1 is 1.33 bits per heavy atom. The third-order valence-corrected chi connectivity index (χ3v) is 3.47. The number of amides is 1. The summed E-state index contributed by atoms with van der Waals surface area (Å²) < 4.78 is 4.63. The molecule has 0 spiro atoms. The zero-order chi connectivity index (χ0) is 15.2. The van der Waals surface area contributed by atoms with Crippen molar-refractivity contribution in [1.29, 1.82) is 0 Å². The standard InChI is InChI=1S/C14H15N3O3S/c1-20-12(18)8-17(7-10-5-3-2-4-6-10)13(19)11-9-21-14(15)16-11/h2-6,9H,7-8H2,1H3,(H2,15,16). The van der Waals surface area contributed by atoms with Crippen LogP contribution in [0.5, 0.6) is 0 Å². The van der Waals surface area contributed by atoms with Crippen molar-refractivity contribution in [3.05, 3.63) is 47.0 Å². The Hall–Kier alpha value is -2.41. The van der Waals surface area contributed by atoms with Gasteiger partial charge in [0, 0.05) is 11.9 Å². The van der Waals surface area contributed by atoms with Crippen LogP contribution in [0.25, 0.3) is 0 Å². The lowest BCUT2D eigenvalue weighted by Gasteiger charge is -2.20. The third-order valence-electron chi connectivity index (χ3n) is 2.79. The van der Waals surface area contributed by atoms with E-state index in [4.69, 9.17) is 5.73 Å². The predicted molar refractivity (Wildman–Crippen MR) is 79.7 cm³/mol. The Morgan fingerprint density at radius 3 is 2.62 bits per heavy atom. The van der Waals surface area contributed by atoms with E-state index in [0.29, 0.717) is 11.7 Å². The van der Waals surface area contributed by atoms with Crippen LogP contribution < -0.4 is 5.73 Å². The number of carbonyl (C=O) groups excluding carboxylic acids is 2. The van der Waals surface area contributed by atoms with Gasteiger partial charge in [-0.15, -0.1) is 11.3 Å². The highest BCUT2D eigenvalue weighted by Crippen LogP contribution is 2.15. The van der Waals surface area contributed by atoms with Crippen LogP contribution in [-0.4, -0.2) is 35.4 Å². The molecule has 0 fully saturated rings. The molecule has 1 heterocycles. The highest BCUT2D eigenvalue weighted by atomic mass is 32.1. The van der Waals surface area contributed by atoms with Crippen LogP contribution in [0.15, 0.2) is 35.7 Å². The molecule has 1 aromatic heterocycles. The number of thiazole rings is 1. The maximum absolute atomic E-state index is 12.4. The third kappa shape index (κ3) is 4.03. The average Bonchev–Trinajstić information content (AvgIpc) is 2.93. The number of nitrogens with two attached hydrogens (primary N) is 1. The van der Waals surface area contributed by atoms with Crippen LogP contribution in [0.4, 0.5) is 5.13 Å². The number of methoxy groups -OCH3 is 1. The summed E-state index contributed by atoms with van der Waals surface area (Å²) in [7, 11) is 1.29. The molecular weight excluding hydrogens is 290 g/mol. The van der Waals surface area contributed by atoms with Crippen molar-refractivity contribution in [2.45, 2.75) is 6.54 Å². The molecule has 0 bridgehead atoms. The van der Waals surface area contributed by atoms with E-state index in [9.17, 15) is 9.59 Å². The fourth-order valence-corrected chi connectivity index (χ4v) is 2.31. The minimum absolute atomic E-state index is 0.137. The lowest BCUT2D eigenvalue weighted by atomic mass is 10.2. The summed E-state index contributed by atoms with van der Waals surface area (Å²) in [6, 6.07) is 9.39. The molecule has 1 aromatic carbocycles. The molecule has 0 saturated carbocycles. The molecule has 21 heavy (non-hydrogen) atoms. The molecule has 0 saturated heterocycles. The number of nitrogen functional groups attached to an aromatic ring is 1. The van der Waals surface area contributed by atoms with Gasteiger partial charge in [-0.2, -0.15) is 0 Å². The first-order chi connectivity index (χ1) is 10.1. The van der Waals surface area contributed by atoms with Crippen molar-refractivity contribution in [3.8, 4) is 0 Å². The molecule has 6 nitrogen and oxygen atoms in total. The molecule has 2 aromatic rings. The quantitative estimate of drug-likeness (QED) is 0.847. The van der Waals surface area contributed by atoms with Gasteiger partial charge in [-0.3, -0.25) is 9.59 Å². The average molecular weight is 305 g/mol. The first-order valence-electron chi connectivity index (χ1n) is 6.21. The van der Waals surface area contributed by atoms with Crippen molar-refractivity contribution < 1.29 is 14.3 Å². The molecule has 110 valence electrons. The highest BCUT2D eigenvalue weighted by Gasteiger charge is 2.21. The smallest absolute Gasteiger partial charge is 0.325 e. The molecule has 2 rings (SSSR count). The van der Waals surface area contributed by atoms with Crippen molar-refractivity contribution in [1.82, 2.24) is 9.88 Å². The topological polar surface area (TPSA) is 85.5 Å². The van der Waals surface area contributed by atoms with Gasteiger partial charge in [-0.25, -0.2) is 4.98 Å². The number of anilines is 1. The Morgan fingerprint density at radius 2 is 2.05 bits per heavy atom. The maximum atomic E-state index is 12.4. The number of ether oxygens (including phenoxy) is 1. The van der Waals surface area contributed by atoms with Gasteiger partial charge in [0.1, 0.15) is 12.2 Å². The van der Waals surface area contributed by atoms with E-state index in [1.54, 1.807) is 5.38 Å². The second kappa shape index (κ2) is 6.85. The Balaban J connectivity index is 2.19. The fourth-order valence-electron chi connectivity index (χ4n) is 1.77. The van der Waals surface area contributed by atoms with Gasteiger partial charge in [0.2, 0.25) is 0 Å². The number of rotatable bonds is 5. The van der Waals surface area contributed by atoms with E-state index < -0.39 is 5.97 Å². The Bertz CT molecular complexity index is 627. The van der Waals surface area contributed by atoms with Gasteiger partial charge in [-0.05, 0) is 5.56 Å². The molecular formula is C14H15N3O3S. The zero-order valence-corrected chi connectivity index (χ0v) is 12.3. The molecule has 1 amide bonds. The zero-order valence-electron chi connectivity index (χ0n) is 11.5. The molecule has 7 heteroatoms. The molecule has 0 aliphatic rings. The van der Waals surface area contributed by atoms with Gasteiger partial charge in [0.25, 0.3) is 5.91 Å². The molecule has 0 aliphatic carbocycles. The maximum Gasteiger partial charge on any atom is 0.325 e. The summed E-state index contributed by atoms with van der Waals surface area (Å²) in [5.41, 5.74) is 6.69. The molecule has 0 aliphatic heterocycles. The number of aromatic nitrogens is 1. The van der Waals surface area contributed by atoms with E-state index in [-0.39, 0.29) is 18.1 Å². The largest absolute Gasteiger partial charge is 0.468 e. The summed E-state index contributed by atoms with van der Waals surface area (Å²) in [5, 5.41) is 1.89. The Labute approximate surface area is 126 Å². The Kier molecular flexibility index (Phi) is 4.89. The monoisotopic (exact) mass is 305 g/mol. The normalized spacial score (nSPS) is 10.1. The first kappa shape index (κ1) is 15.0. The van der Waals surface area contributed by atoms with Crippen molar-refractivity contribution in [2.24, 2.45) is 0 Å². The van der Waals surface area contributed by atoms with Crippen LogP contribution in [0.2, 0.25) is 0 Å². The minimum atomic E-state index is -0.484.